The van der Waals surface area contributed by atoms with Gasteiger partial charge in [0, 0.05) is 12.5 Å². The summed E-state index contributed by atoms with van der Waals surface area (Å²) >= 11 is 0. The van der Waals surface area contributed by atoms with Crippen LogP contribution in [0.5, 0.6) is 0 Å². The van der Waals surface area contributed by atoms with Gasteiger partial charge in [-0.15, -0.1) is 0 Å². The highest BCUT2D eigenvalue weighted by Gasteiger charge is 2.57. The van der Waals surface area contributed by atoms with E-state index in [9.17, 15) is 14.7 Å². The molecule has 0 radical (unpaired) electrons. The van der Waals surface area contributed by atoms with Gasteiger partial charge in [-0.25, -0.2) is 0 Å². The second-order valence-electron chi connectivity index (χ2n) is 9.09. The number of benzene rings is 2. The maximum atomic E-state index is 13.2. The summed E-state index contributed by atoms with van der Waals surface area (Å²) in [5, 5.41) is 13.0. The Bertz CT molecular complexity index is 923. The second-order valence-corrected chi connectivity index (χ2v) is 9.09. The highest BCUT2D eigenvalue weighted by atomic mass is 16.4. The van der Waals surface area contributed by atoms with Gasteiger partial charge in [0.05, 0.1) is 11.8 Å². The van der Waals surface area contributed by atoms with Crippen molar-refractivity contribution in [3.8, 4) is 0 Å². The Balaban J connectivity index is 1.48. The van der Waals surface area contributed by atoms with Gasteiger partial charge in [0.25, 0.3) is 0 Å². The lowest BCUT2D eigenvalue weighted by molar-refractivity contribution is -0.149. The van der Waals surface area contributed by atoms with Gasteiger partial charge in [0.1, 0.15) is 0 Å². The smallest absolute Gasteiger partial charge is 0.307 e. The molecule has 1 amide bonds. The first-order chi connectivity index (χ1) is 15.0. The van der Waals surface area contributed by atoms with Crippen LogP contribution in [0.2, 0.25) is 0 Å². The summed E-state index contributed by atoms with van der Waals surface area (Å²) < 4.78 is 0. The van der Waals surface area contributed by atoms with Crippen molar-refractivity contribution in [2.75, 3.05) is 6.54 Å². The van der Waals surface area contributed by atoms with Crippen LogP contribution in [0.1, 0.15) is 50.2 Å². The number of rotatable bonds is 7. The van der Waals surface area contributed by atoms with Crippen LogP contribution in [-0.4, -0.2) is 23.5 Å². The number of allylic oxidation sites excluding steroid dienone is 2. The predicted molar refractivity (Wildman–Crippen MR) is 122 cm³/mol. The van der Waals surface area contributed by atoms with Gasteiger partial charge in [-0.1, -0.05) is 71.8 Å². The van der Waals surface area contributed by atoms with Gasteiger partial charge >= 0.3 is 5.97 Å². The van der Waals surface area contributed by atoms with Crippen molar-refractivity contribution >= 4 is 11.9 Å². The molecule has 0 unspecified atom stereocenters. The molecule has 2 saturated carbocycles. The van der Waals surface area contributed by atoms with Crippen molar-refractivity contribution in [3.05, 3.63) is 82.9 Å². The molecule has 4 nitrogen and oxygen atoms in total. The molecule has 31 heavy (non-hydrogen) atoms. The van der Waals surface area contributed by atoms with E-state index in [1.165, 1.54) is 22.3 Å². The fourth-order valence-electron chi connectivity index (χ4n) is 5.96. The summed E-state index contributed by atoms with van der Waals surface area (Å²) in [5.74, 6) is -1.70. The van der Waals surface area contributed by atoms with Gasteiger partial charge < -0.3 is 10.4 Å². The Morgan fingerprint density at radius 2 is 1.42 bits per heavy atom. The second kappa shape index (κ2) is 9.09. The number of carboxylic acid groups (broad SMARTS) is 1. The molecule has 4 atom stereocenters. The number of hydrogen-bond acceptors (Lipinski definition) is 2. The molecule has 2 bridgehead atoms. The van der Waals surface area contributed by atoms with E-state index in [0.717, 1.165) is 19.3 Å². The van der Waals surface area contributed by atoms with E-state index < -0.39 is 17.8 Å². The van der Waals surface area contributed by atoms with Crippen LogP contribution >= 0.6 is 0 Å². The van der Waals surface area contributed by atoms with Crippen molar-refractivity contribution in [2.24, 2.45) is 23.7 Å². The Morgan fingerprint density at radius 3 is 1.90 bits per heavy atom. The number of carbonyl (C=O) groups is 2. The largest absolute Gasteiger partial charge is 0.481 e. The SMILES string of the molecule is CC(C)=C1[C@H]2CC[C@H]1[C@H](C(=O)NCCC(c1ccccc1)c1ccccc1)[C@H]2C(=O)O. The van der Waals surface area contributed by atoms with E-state index in [4.69, 9.17) is 0 Å². The van der Waals surface area contributed by atoms with E-state index in [2.05, 4.69) is 29.6 Å². The van der Waals surface area contributed by atoms with Gasteiger partial charge in [0.2, 0.25) is 5.91 Å². The third kappa shape index (κ3) is 4.16. The Kier molecular flexibility index (Phi) is 6.26. The normalized spacial score (nSPS) is 24.4. The van der Waals surface area contributed by atoms with Crippen LogP contribution in [-0.2, 0) is 9.59 Å². The monoisotopic (exact) mass is 417 g/mol. The minimum atomic E-state index is -0.836. The molecule has 2 N–H and O–H groups in total. The van der Waals surface area contributed by atoms with Crippen LogP contribution in [0.25, 0.3) is 0 Å². The van der Waals surface area contributed by atoms with Crippen molar-refractivity contribution in [2.45, 2.75) is 39.0 Å². The molecule has 2 aliphatic rings. The van der Waals surface area contributed by atoms with Crippen molar-refractivity contribution < 1.29 is 14.7 Å². The third-order valence-corrected chi connectivity index (χ3v) is 7.14. The molecular formula is C27H31NO3. The van der Waals surface area contributed by atoms with Gasteiger partial charge in [-0.05, 0) is 56.1 Å². The third-order valence-electron chi connectivity index (χ3n) is 7.14. The van der Waals surface area contributed by atoms with Crippen LogP contribution < -0.4 is 5.32 Å². The van der Waals surface area contributed by atoms with E-state index in [1.54, 1.807) is 0 Å². The van der Waals surface area contributed by atoms with Gasteiger partial charge in [0.15, 0.2) is 0 Å². The van der Waals surface area contributed by atoms with Gasteiger partial charge in [-0.3, -0.25) is 9.59 Å². The molecular weight excluding hydrogens is 386 g/mol. The van der Waals surface area contributed by atoms with Crippen LogP contribution in [0.15, 0.2) is 71.8 Å². The lowest BCUT2D eigenvalue weighted by atomic mass is 9.78. The summed E-state index contributed by atoms with van der Waals surface area (Å²) in [6.07, 6.45) is 2.58. The minimum Gasteiger partial charge on any atom is -0.481 e. The number of carbonyl (C=O) groups excluding carboxylic acids is 1. The minimum absolute atomic E-state index is 0.0182. The number of fused-ring (bicyclic) bond motifs is 2. The highest BCUT2D eigenvalue weighted by Crippen LogP contribution is 2.57. The molecule has 2 aromatic rings. The Morgan fingerprint density at radius 1 is 0.903 bits per heavy atom. The molecule has 4 rings (SSSR count). The lowest BCUT2D eigenvalue weighted by Gasteiger charge is -2.27. The molecule has 4 heteroatoms. The zero-order valence-electron chi connectivity index (χ0n) is 18.3. The average molecular weight is 418 g/mol. The van der Waals surface area contributed by atoms with E-state index in [-0.39, 0.29) is 23.7 Å². The Labute approximate surface area is 184 Å². The fourth-order valence-corrected chi connectivity index (χ4v) is 5.96. The van der Waals surface area contributed by atoms with Crippen LogP contribution in [0, 0.1) is 23.7 Å². The van der Waals surface area contributed by atoms with Gasteiger partial charge in [-0.2, -0.15) is 0 Å². The number of hydrogen-bond donors (Lipinski definition) is 2. The van der Waals surface area contributed by atoms with E-state index >= 15 is 0 Å². The number of aliphatic carboxylic acids is 1. The lowest BCUT2D eigenvalue weighted by Crippen LogP contribution is -2.41. The first kappa shape index (κ1) is 21.4. The maximum Gasteiger partial charge on any atom is 0.307 e. The molecule has 0 saturated heterocycles. The maximum absolute atomic E-state index is 13.2. The summed E-state index contributed by atoms with van der Waals surface area (Å²) in [4.78, 5) is 25.2. The molecule has 2 fully saturated rings. The summed E-state index contributed by atoms with van der Waals surface area (Å²) in [6, 6.07) is 20.7. The van der Waals surface area contributed by atoms with Crippen LogP contribution in [0.3, 0.4) is 0 Å². The molecule has 0 aromatic heterocycles. The highest BCUT2D eigenvalue weighted by molar-refractivity contribution is 5.87. The molecule has 0 aliphatic heterocycles. The average Bonchev–Trinajstić information content (AvgIpc) is 3.34. The summed E-state index contributed by atoms with van der Waals surface area (Å²) in [6.45, 7) is 4.62. The molecule has 162 valence electrons. The standard InChI is InChI=1S/C27H31NO3/c1-17(2)23-21-13-14-22(23)25(27(30)31)24(21)26(29)28-16-15-20(18-9-5-3-6-10-18)19-11-7-4-8-12-19/h3-12,20-22,24-25H,13-16H2,1-2H3,(H,28,29)(H,30,31)/t21-,22-,24+,25+/m1/s1. The van der Waals surface area contributed by atoms with E-state index in [0.29, 0.717) is 6.54 Å². The van der Waals surface area contributed by atoms with E-state index in [1.807, 2.05) is 50.2 Å². The molecule has 0 heterocycles. The fraction of sp³-hybridized carbons (Fsp3) is 0.407. The number of carboxylic acids is 1. The molecule has 2 aromatic carbocycles. The van der Waals surface area contributed by atoms with Crippen LogP contribution in [0.4, 0.5) is 0 Å². The predicted octanol–water partition coefficient (Wildman–Crippen LogP) is 5.02. The van der Waals surface area contributed by atoms with Crippen molar-refractivity contribution in [3.63, 3.8) is 0 Å². The topological polar surface area (TPSA) is 66.4 Å². The summed E-state index contributed by atoms with van der Waals surface area (Å²) in [7, 11) is 0. The quantitative estimate of drug-likeness (QED) is 0.622. The molecule has 2 aliphatic carbocycles. The van der Waals surface area contributed by atoms with Crippen molar-refractivity contribution in [1.29, 1.82) is 0 Å². The van der Waals surface area contributed by atoms with Crippen molar-refractivity contribution in [1.82, 2.24) is 5.32 Å². The zero-order valence-corrected chi connectivity index (χ0v) is 18.3. The molecule has 0 spiro atoms. The Hall–Kier alpha value is -2.88. The first-order valence-electron chi connectivity index (χ1n) is 11.3. The summed E-state index contributed by atoms with van der Waals surface area (Å²) in [5.41, 5.74) is 4.84. The number of amides is 1. The first-order valence-corrected chi connectivity index (χ1v) is 11.3. The number of nitrogens with one attached hydrogen (secondary N) is 1. The zero-order chi connectivity index (χ0) is 22.0.